The van der Waals surface area contributed by atoms with E-state index in [0.717, 1.165) is 38.2 Å². The van der Waals surface area contributed by atoms with E-state index >= 15 is 0 Å². The van der Waals surface area contributed by atoms with Crippen molar-refractivity contribution in [2.45, 2.75) is 44.6 Å². The van der Waals surface area contributed by atoms with Gasteiger partial charge in [-0.25, -0.2) is 4.39 Å². The standard InChI is InChI=1S/C17H22ClFN2O3/c18-13-8-7-12(10-14(13)19)20-16(23)17(24)21-15-6-2-1-4-11(15)5-3-9-22/h7-8,10-11,15,22H,1-6,9H2,(H,20,23)(H,21,24). The average Bonchev–Trinajstić information content (AvgIpc) is 2.57. The van der Waals surface area contributed by atoms with Gasteiger partial charge in [0, 0.05) is 18.3 Å². The van der Waals surface area contributed by atoms with Crippen LogP contribution < -0.4 is 10.6 Å². The number of nitrogens with one attached hydrogen (secondary N) is 2. The van der Waals surface area contributed by atoms with Crippen molar-refractivity contribution in [1.29, 1.82) is 0 Å². The van der Waals surface area contributed by atoms with Crippen molar-refractivity contribution in [3.05, 3.63) is 29.0 Å². The fourth-order valence-electron chi connectivity index (χ4n) is 3.09. The molecule has 5 nitrogen and oxygen atoms in total. The van der Waals surface area contributed by atoms with Gasteiger partial charge in [0.15, 0.2) is 0 Å². The van der Waals surface area contributed by atoms with Crippen LogP contribution in [0.3, 0.4) is 0 Å². The number of aliphatic hydroxyl groups is 1. The fraction of sp³-hybridized carbons (Fsp3) is 0.529. The second kappa shape index (κ2) is 8.99. The summed E-state index contributed by atoms with van der Waals surface area (Å²) in [5, 5.41) is 14.1. The molecule has 132 valence electrons. The molecule has 0 saturated heterocycles. The molecule has 1 aliphatic rings. The predicted octanol–water partition coefficient (Wildman–Crippen LogP) is 2.87. The van der Waals surface area contributed by atoms with Crippen molar-refractivity contribution in [1.82, 2.24) is 5.32 Å². The van der Waals surface area contributed by atoms with Crippen molar-refractivity contribution < 1.29 is 19.1 Å². The number of aliphatic hydroxyl groups excluding tert-OH is 1. The Balaban J connectivity index is 1.92. The molecule has 2 atom stereocenters. The molecule has 24 heavy (non-hydrogen) atoms. The van der Waals surface area contributed by atoms with E-state index in [1.165, 1.54) is 12.1 Å². The van der Waals surface area contributed by atoms with Gasteiger partial charge in [0.2, 0.25) is 0 Å². The Morgan fingerprint density at radius 1 is 1.25 bits per heavy atom. The number of halogens is 2. The van der Waals surface area contributed by atoms with Crippen molar-refractivity contribution in [2.75, 3.05) is 11.9 Å². The number of anilines is 1. The highest BCUT2D eigenvalue weighted by molar-refractivity contribution is 6.39. The van der Waals surface area contributed by atoms with Crippen LogP contribution in [0.25, 0.3) is 0 Å². The summed E-state index contributed by atoms with van der Waals surface area (Å²) in [5.41, 5.74) is 0.178. The molecule has 0 aliphatic heterocycles. The number of hydrogen-bond acceptors (Lipinski definition) is 3. The van der Waals surface area contributed by atoms with Gasteiger partial charge in [0.25, 0.3) is 0 Å². The van der Waals surface area contributed by atoms with Crippen LogP contribution >= 0.6 is 11.6 Å². The van der Waals surface area contributed by atoms with Crippen LogP contribution in [-0.4, -0.2) is 29.6 Å². The van der Waals surface area contributed by atoms with E-state index in [1.807, 2.05) is 0 Å². The quantitative estimate of drug-likeness (QED) is 0.710. The van der Waals surface area contributed by atoms with Crippen LogP contribution in [0, 0.1) is 11.7 Å². The third kappa shape index (κ3) is 5.18. The normalized spacial score (nSPS) is 20.5. The summed E-state index contributed by atoms with van der Waals surface area (Å²) >= 11 is 5.58. The highest BCUT2D eigenvalue weighted by atomic mass is 35.5. The summed E-state index contributed by atoms with van der Waals surface area (Å²) in [6.07, 6.45) is 5.42. The Hall–Kier alpha value is -1.66. The molecule has 1 aromatic rings. The SMILES string of the molecule is O=C(Nc1ccc(Cl)c(F)c1)C(=O)NC1CCCCC1CCCO. The smallest absolute Gasteiger partial charge is 0.313 e. The number of carbonyl (C=O) groups excluding carboxylic acids is 2. The van der Waals surface area contributed by atoms with Crippen molar-refractivity contribution in [3.8, 4) is 0 Å². The molecule has 2 rings (SSSR count). The Labute approximate surface area is 145 Å². The van der Waals surface area contributed by atoms with Gasteiger partial charge in [-0.05, 0) is 49.8 Å². The van der Waals surface area contributed by atoms with Crippen molar-refractivity contribution in [2.24, 2.45) is 5.92 Å². The number of rotatable bonds is 5. The first-order valence-electron chi connectivity index (χ1n) is 8.19. The molecule has 2 amide bonds. The van der Waals surface area contributed by atoms with Crippen LogP contribution in [0.1, 0.15) is 38.5 Å². The Morgan fingerprint density at radius 3 is 2.71 bits per heavy atom. The largest absolute Gasteiger partial charge is 0.396 e. The van der Waals surface area contributed by atoms with Gasteiger partial charge >= 0.3 is 11.8 Å². The van der Waals surface area contributed by atoms with Crippen LogP contribution in [0.2, 0.25) is 5.02 Å². The second-order valence-corrected chi connectivity index (χ2v) is 6.48. The maximum absolute atomic E-state index is 13.4. The van der Waals surface area contributed by atoms with Gasteiger partial charge in [0.1, 0.15) is 5.82 Å². The summed E-state index contributed by atoms with van der Waals surface area (Å²) < 4.78 is 13.4. The van der Waals surface area contributed by atoms with E-state index in [9.17, 15) is 14.0 Å². The molecule has 0 radical (unpaired) electrons. The summed E-state index contributed by atoms with van der Waals surface area (Å²) in [7, 11) is 0. The summed E-state index contributed by atoms with van der Waals surface area (Å²) in [5.74, 6) is -1.95. The summed E-state index contributed by atoms with van der Waals surface area (Å²) in [6, 6.07) is 3.75. The maximum Gasteiger partial charge on any atom is 0.313 e. The molecule has 7 heteroatoms. The van der Waals surface area contributed by atoms with Gasteiger partial charge in [-0.3, -0.25) is 9.59 Å². The van der Waals surface area contributed by atoms with E-state index in [2.05, 4.69) is 10.6 Å². The van der Waals surface area contributed by atoms with Crippen molar-refractivity contribution in [3.63, 3.8) is 0 Å². The van der Waals surface area contributed by atoms with E-state index < -0.39 is 17.6 Å². The molecule has 1 aliphatic carbocycles. The van der Waals surface area contributed by atoms with Crippen LogP contribution in [0.4, 0.5) is 10.1 Å². The first-order chi connectivity index (χ1) is 11.5. The van der Waals surface area contributed by atoms with Gasteiger partial charge in [-0.15, -0.1) is 0 Å². The molecule has 0 heterocycles. The predicted molar refractivity (Wildman–Crippen MR) is 90.2 cm³/mol. The van der Waals surface area contributed by atoms with Crippen LogP contribution in [0.5, 0.6) is 0 Å². The Morgan fingerprint density at radius 2 is 2.00 bits per heavy atom. The highest BCUT2D eigenvalue weighted by Gasteiger charge is 2.28. The topological polar surface area (TPSA) is 78.4 Å². The summed E-state index contributed by atoms with van der Waals surface area (Å²) in [6.45, 7) is 0.125. The molecular formula is C17H22ClFN2O3. The molecule has 0 spiro atoms. The minimum atomic E-state index is -0.830. The molecule has 1 aromatic carbocycles. The first kappa shape index (κ1) is 18.7. The fourth-order valence-corrected chi connectivity index (χ4v) is 3.21. The first-order valence-corrected chi connectivity index (χ1v) is 8.57. The monoisotopic (exact) mass is 356 g/mol. The molecule has 0 bridgehead atoms. The zero-order chi connectivity index (χ0) is 17.5. The van der Waals surface area contributed by atoms with Gasteiger partial charge in [-0.2, -0.15) is 0 Å². The average molecular weight is 357 g/mol. The van der Waals surface area contributed by atoms with E-state index in [0.29, 0.717) is 6.42 Å². The van der Waals surface area contributed by atoms with Crippen molar-refractivity contribution >= 4 is 29.1 Å². The zero-order valence-electron chi connectivity index (χ0n) is 13.4. The lowest BCUT2D eigenvalue weighted by atomic mass is 9.81. The zero-order valence-corrected chi connectivity index (χ0v) is 14.1. The Kier molecular flexibility index (Phi) is 6.99. The van der Waals surface area contributed by atoms with E-state index in [4.69, 9.17) is 16.7 Å². The lowest BCUT2D eigenvalue weighted by molar-refractivity contribution is -0.137. The van der Waals surface area contributed by atoms with E-state index in [-0.39, 0.29) is 29.3 Å². The molecule has 2 unspecified atom stereocenters. The van der Waals surface area contributed by atoms with E-state index in [1.54, 1.807) is 0 Å². The highest BCUT2D eigenvalue weighted by Crippen LogP contribution is 2.28. The Bertz CT molecular complexity index is 597. The van der Waals surface area contributed by atoms with Gasteiger partial charge in [-0.1, -0.05) is 24.4 Å². The third-order valence-electron chi connectivity index (χ3n) is 4.34. The minimum absolute atomic E-state index is 0.0496. The maximum atomic E-state index is 13.4. The number of amides is 2. The molecule has 0 aromatic heterocycles. The van der Waals surface area contributed by atoms with Gasteiger partial charge in [0.05, 0.1) is 5.02 Å². The molecule has 1 fully saturated rings. The minimum Gasteiger partial charge on any atom is -0.396 e. The number of benzene rings is 1. The van der Waals surface area contributed by atoms with Crippen LogP contribution in [0.15, 0.2) is 18.2 Å². The second-order valence-electron chi connectivity index (χ2n) is 6.07. The lowest BCUT2D eigenvalue weighted by Crippen LogP contribution is -2.46. The molecule has 1 saturated carbocycles. The molecular weight excluding hydrogens is 335 g/mol. The third-order valence-corrected chi connectivity index (χ3v) is 4.65. The number of hydrogen-bond donors (Lipinski definition) is 3. The summed E-state index contributed by atoms with van der Waals surface area (Å²) in [4.78, 5) is 24.1. The number of carbonyl (C=O) groups is 2. The lowest BCUT2D eigenvalue weighted by Gasteiger charge is -2.32. The van der Waals surface area contributed by atoms with Gasteiger partial charge < -0.3 is 15.7 Å². The molecule has 3 N–H and O–H groups in total. The van der Waals surface area contributed by atoms with Crippen LogP contribution in [-0.2, 0) is 9.59 Å².